The number of nitrogens with zero attached hydrogens (tertiary/aromatic N) is 1. The third-order valence-corrected chi connectivity index (χ3v) is 3.58. The molecule has 2 N–H and O–H groups in total. The molecule has 1 heterocycles. The van der Waals surface area contributed by atoms with Gasteiger partial charge in [-0.3, -0.25) is 5.10 Å². The van der Waals surface area contributed by atoms with Crippen molar-refractivity contribution < 1.29 is 27.1 Å². The number of carbonyl (C=O) groups is 1. The number of aromatic amines is 1. The molecule has 9 heteroatoms. The summed E-state index contributed by atoms with van der Waals surface area (Å²) in [6.07, 6.45) is 0.738. The Morgan fingerprint density at radius 3 is 2.45 bits per heavy atom. The maximum Gasteiger partial charge on any atom is 0.353 e. The Morgan fingerprint density at radius 2 is 1.95 bits per heavy atom. The molecule has 2 aromatic rings. The fraction of sp³-hybridized carbons (Fsp3) is 0.0909. The summed E-state index contributed by atoms with van der Waals surface area (Å²) in [7, 11) is -3.97. The van der Waals surface area contributed by atoms with Gasteiger partial charge in [-0.1, -0.05) is 0 Å². The van der Waals surface area contributed by atoms with E-state index in [0.29, 0.717) is 6.07 Å². The summed E-state index contributed by atoms with van der Waals surface area (Å²) >= 11 is 0. The minimum Gasteiger partial charge on any atom is -0.477 e. The maximum absolute atomic E-state index is 14.1. The van der Waals surface area contributed by atoms with Crippen molar-refractivity contribution in [3.8, 4) is 11.3 Å². The molecule has 0 bridgehead atoms. The fourth-order valence-electron chi connectivity index (χ4n) is 1.59. The van der Waals surface area contributed by atoms with Gasteiger partial charge in [0.2, 0.25) is 0 Å². The van der Waals surface area contributed by atoms with Crippen molar-refractivity contribution in [2.24, 2.45) is 0 Å². The molecule has 1 aromatic heterocycles. The average molecular weight is 302 g/mol. The molecular formula is C11H8F2N2O4S. The van der Waals surface area contributed by atoms with Crippen LogP contribution in [-0.4, -0.2) is 35.9 Å². The van der Waals surface area contributed by atoms with E-state index in [2.05, 4.69) is 10.2 Å². The first-order valence-corrected chi connectivity index (χ1v) is 7.07. The molecule has 0 fully saturated rings. The van der Waals surface area contributed by atoms with Crippen LogP contribution in [0.2, 0.25) is 0 Å². The van der Waals surface area contributed by atoms with E-state index >= 15 is 0 Å². The van der Waals surface area contributed by atoms with E-state index in [9.17, 15) is 22.0 Å². The van der Waals surface area contributed by atoms with Crippen LogP contribution in [0.4, 0.5) is 8.78 Å². The van der Waals surface area contributed by atoms with Crippen LogP contribution in [0, 0.1) is 11.6 Å². The van der Waals surface area contributed by atoms with Crippen molar-refractivity contribution in [3.05, 3.63) is 35.5 Å². The van der Waals surface area contributed by atoms with Crippen molar-refractivity contribution in [1.29, 1.82) is 0 Å². The monoisotopic (exact) mass is 302 g/mol. The second-order valence-electron chi connectivity index (χ2n) is 4.01. The highest BCUT2D eigenvalue weighted by Gasteiger charge is 2.22. The van der Waals surface area contributed by atoms with E-state index < -0.39 is 37.9 Å². The summed E-state index contributed by atoms with van der Waals surface area (Å²) in [6, 6.07) is 2.27. The Kier molecular flexibility index (Phi) is 3.30. The Labute approximate surface area is 112 Å². The number of H-pyrrole nitrogens is 1. The number of carboxylic acid groups (broad SMARTS) is 1. The molecule has 0 aliphatic carbocycles. The number of halogens is 2. The van der Waals surface area contributed by atoms with E-state index in [0.717, 1.165) is 18.4 Å². The molecule has 6 nitrogen and oxygen atoms in total. The van der Waals surface area contributed by atoms with Crippen molar-refractivity contribution in [3.63, 3.8) is 0 Å². The molecule has 0 amide bonds. The summed E-state index contributed by atoms with van der Waals surface area (Å²) in [4.78, 5) is 9.88. The van der Waals surface area contributed by atoms with Gasteiger partial charge in [0.25, 0.3) is 0 Å². The first-order valence-electron chi connectivity index (χ1n) is 5.18. The number of rotatable bonds is 3. The molecule has 0 aliphatic heterocycles. The van der Waals surface area contributed by atoms with Crippen LogP contribution in [0.3, 0.4) is 0 Å². The molecule has 0 unspecified atom stereocenters. The van der Waals surface area contributed by atoms with Gasteiger partial charge in [0.1, 0.15) is 16.4 Å². The number of hydrogen-bond donors (Lipinski definition) is 2. The van der Waals surface area contributed by atoms with Crippen molar-refractivity contribution >= 4 is 15.8 Å². The Balaban J connectivity index is 2.68. The van der Waals surface area contributed by atoms with Gasteiger partial charge < -0.3 is 5.11 Å². The fourth-order valence-corrected chi connectivity index (χ4v) is 2.35. The van der Waals surface area contributed by atoms with E-state index in [4.69, 9.17) is 5.11 Å². The molecule has 0 saturated heterocycles. The molecule has 106 valence electrons. The van der Waals surface area contributed by atoms with Crippen LogP contribution in [0.5, 0.6) is 0 Å². The van der Waals surface area contributed by atoms with Gasteiger partial charge in [-0.2, -0.15) is 5.10 Å². The molecule has 20 heavy (non-hydrogen) atoms. The molecule has 0 atom stereocenters. The first kappa shape index (κ1) is 14.1. The summed E-state index contributed by atoms with van der Waals surface area (Å²) in [6.45, 7) is 0. The molecule has 2 rings (SSSR count). The van der Waals surface area contributed by atoms with Gasteiger partial charge in [0.15, 0.2) is 15.7 Å². The van der Waals surface area contributed by atoms with Crippen molar-refractivity contribution in [2.75, 3.05) is 6.26 Å². The van der Waals surface area contributed by atoms with Gasteiger partial charge in [0, 0.05) is 11.8 Å². The van der Waals surface area contributed by atoms with Crippen LogP contribution in [0.25, 0.3) is 11.3 Å². The van der Waals surface area contributed by atoms with Gasteiger partial charge in [-0.15, -0.1) is 0 Å². The number of hydrogen-bond acceptors (Lipinski definition) is 4. The SMILES string of the molecule is CS(=O)(=O)c1cc(F)cc(-c2cc(C(=O)O)[nH]n2)c1F. The Bertz CT molecular complexity index is 799. The number of benzene rings is 1. The Morgan fingerprint density at radius 1 is 1.30 bits per heavy atom. The molecule has 0 aliphatic rings. The summed E-state index contributed by atoms with van der Waals surface area (Å²) in [5.41, 5.74) is -0.969. The number of nitrogens with one attached hydrogen (secondary N) is 1. The normalized spacial score (nSPS) is 11.6. The second-order valence-corrected chi connectivity index (χ2v) is 5.99. The average Bonchev–Trinajstić information content (AvgIpc) is 2.79. The minimum absolute atomic E-state index is 0.204. The maximum atomic E-state index is 14.1. The third-order valence-electron chi connectivity index (χ3n) is 2.49. The Hall–Kier alpha value is -2.29. The standard InChI is InChI=1S/C11H8F2N2O4S/c1-20(18,19)9-3-5(12)2-6(10(9)13)7-4-8(11(16)17)15-14-7/h2-4H,1H3,(H,14,15)(H,16,17). The zero-order valence-corrected chi connectivity index (χ0v) is 10.8. The van der Waals surface area contributed by atoms with Crippen molar-refractivity contribution in [2.45, 2.75) is 4.90 Å². The van der Waals surface area contributed by atoms with E-state index in [1.54, 1.807) is 0 Å². The lowest BCUT2D eigenvalue weighted by atomic mass is 10.1. The van der Waals surface area contributed by atoms with E-state index in [-0.39, 0.29) is 11.4 Å². The largest absolute Gasteiger partial charge is 0.477 e. The predicted molar refractivity (Wildman–Crippen MR) is 64.0 cm³/mol. The smallest absolute Gasteiger partial charge is 0.353 e. The first-order chi connectivity index (χ1) is 9.20. The number of aromatic carboxylic acids is 1. The quantitative estimate of drug-likeness (QED) is 0.894. The van der Waals surface area contributed by atoms with Crippen LogP contribution >= 0.6 is 0 Å². The van der Waals surface area contributed by atoms with Crippen LogP contribution in [-0.2, 0) is 9.84 Å². The number of aromatic nitrogens is 2. The van der Waals surface area contributed by atoms with Gasteiger partial charge >= 0.3 is 5.97 Å². The highest BCUT2D eigenvalue weighted by molar-refractivity contribution is 7.90. The molecule has 0 spiro atoms. The molecule has 0 radical (unpaired) electrons. The lowest BCUT2D eigenvalue weighted by Crippen LogP contribution is -2.03. The molecule has 0 saturated carbocycles. The second kappa shape index (κ2) is 4.67. The van der Waals surface area contributed by atoms with E-state index in [1.165, 1.54) is 0 Å². The minimum atomic E-state index is -3.97. The van der Waals surface area contributed by atoms with Gasteiger partial charge in [0.05, 0.1) is 5.69 Å². The van der Waals surface area contributed by atoms with E-state index in [1.807, 2.05) is 0 Å². The van der Waals surface area contributed by atoms with Gasteiger partial charge in [-0.25, -0.2) is 22.0 Å². The zero-order valence-electron chi connectivity index (χ0n) is 10.0. The summed E-state index contributed by atoms with van der Waals surface area (Å²) < 4.78 is 50.2. The lowest BCUT2D eigenvalue weighted by Gasteiger charge is -2.05. The number of carboxylic acids is 1. The third kappa shape index (κ3) is 2.52. The van der Waals surface area contributed by atoms with Crippen LogP contribution in [0.15, 0.2) is 23.1 Å². The van der Waals surface area contributed by atoms with Crippen molar-refractivity contribution in [1.82, 2.24) is 10.2 Å². The highest BCUT2D eigenvalue weighted by atomic mass is 32.2. The number of sulfone groups is 1. The molecule has 1 aromatic carbocycles. The van der Waals surface area contributed by atoms with Crippen LogP contribution < -0.4 is 0 Å². The topological polar surface area (TPSA) is 100 Å². The van der Waals surface area contributed by atoms with Gasteiger partial charge in [-0.05, 0) is 18.2 Å². The molecular weight excluding hydrogens is 294 g/mol. The van der Waals surface area contributed by atoms with Crippen LogP contribution in [0.1, 0.15) is 10.5 Å². The predicted octanol–water partition coefficient (Wildman–Crippen LogP) is 1.46. The highest BCUT2D eigenvalue weighted by Crippen LogP contribution is 2.28. The summed E-state index contributed by atoms with van der Waals surface area (Å²) in [5, 5.41) is 14.4. The lowest BCUT2D eigenvalue weighted by molar-refractivity contribution is 0.0690. The summed E-state index contributed by atoms with van der Waals surface area (Å²) in [5.74, 6) is -3.48. The zero-order chi connectivity index (χ0) is 15.1.